The molecule has 5 nitrogen and oxygen atoms in total. The largest absolute Gasteiger partial charge is 0.496 e. The normalized spacial score (nSPS) is 12.5. The van der Waals surface area contributed by atoms with Crippen LogP contribution in [0.2, 0.25) is 0 Å². The van der Waals surface area contributed by atoms with Crippen LogP contribution in [0, 0.1) is 0 Å². The summed E-state index contributed by atoms with van der Waals surface area (Å²) in [4.78, 5) is 4.60. The molecule has 4 aromatic carbocycles. The van der Waals surface area contributed by atoms with Crippen LogP contribution in [0.15, 0.2) is 115 Å². The Hall–Kier alpha value is -4.99. The van der Waals surface area contributed by atoms with Gasteiger partial charge in [0.25, 0.3) is 11.4 Å². The van der Waals surface area contributed by atoms with Gasteiger partial charge in [0.1, 0.15) is 17.3 Å². The third kappa shape index (κ3) is 3.22. The monoisotopic (exact) mass is 466 g/mol. The summed E-state index contributed by atoms with van der Waals surface area (Å²) in [5, 5.41) is 2.29. The summed E-state index contributed by atoms with van der Waals surface area (Å²) in [6.45, 7) is 0. The van der Waals surface area contributed by atoms with E-state index in [-0.39, 0.29) is 0 Å². The van der Waals surface area contributed by atoms with Gasteiger partial charge >= 0.3 is 6.01 Å². The maximum Gasteiger partial charge on any atom is 0.496 e. The van der Waals surface area contributed by atoms with Gasteiger partial charge in [0.2, 0.25) is 5.69 Å². The Kier molecular flexibility index (Phi) is 4.56. The fourth-order valence-corrected chi connectivity index (χ4v) is 4.96. The quantitative estimate of drug-likeness (QED) is 0.256. The number of fused-ring (bicyclic) bond motifs is 4. The number of hydrogen-bond donors (Lipinski definition) is 0. The smallest absolute Gasteiger partial charge is 0.457 e. The zero-order valence-corrected chi connectivity index (χ0v) is 19.7. The molecule has 170 valence electrons. The molecule has 0 fully saturated rings. The summed E-state index contributed by atoms with van der Waals surface area (Å²) in [7, 11) is 2.01. The lowest BCUT2D eigenvalue weighted by Gasteiger charge is -2.08. The van der Waals surface area contributed by atoms with Gasteiger partial charge < -0.3 is 4.74 Å². The van der Waals surface area contributed by atoms with Gasteiger partial charge in [-0.1, -0.05) is 47.0 Å². The Morgan fingerprint density at radius 2 is 1.47 bits per heavy atom. The molecule has 5 heteroatoms. The molecule has 2 aromatic heterocycles. The molecule has 1 aliphatic rings. The topological polar surface area (TPSA) is 33.1 Å². The zero-order chi connectivity index (χ0) is 24.1. The molecular formula is C31H22N4O+2. The highest BCUT2D eigenvalue weighted by Crippen LogP contribution is 2.37. The molecule has 6 aromatic rings. The first-order valence-electron chi connectivity index (χ1n) is 11.9. The molecule has 36 heavy (non-hydrogen) atoms. The Morgan fingerprint density at radius 3 is 2.36 bits per heavy atom. The van der Waals surface area contributed by atoms with Gasteiger partial charge in [0, 0.05) is 35.2 Å². The van der Waals surface area contributed by atoms with Gasteiger partial charge in [0.05, 0.1) is 17.1 Å². The van der Waals surface area contributed by atoms with Crippen LogP contribution < -0.4 is 9.31 Å². The van der Waals surface area contributed by atoms with E-state index in [1.807, 2.05) is 72.4 Å². The zero-order valence-electron chi connectivity index (χ0n) is 19.7. The van der Waals surface area contributed by atoms with Crippen molar-refractivity contribution in [2.24, 2.45) is 0 Å². The highest BCUT2D eigenvalue weighted by molar-refractivity contribution is 6.09. The van der Waals surface area contributed by atoms with Crippen LogP contribution in [-0.2, 0) is 0 Å². The van der Waals surface area contributed by atoms with E-state index in [0.717, 1.165) is 50.8 Å². The van der Waals surface area contributed by atoms with E-state index >= 15 is 0 Å². The predicted octanol–water partition coefficient (Wildman–Crippen LogP) is 7.27. The van der Waals surface area contributed by atoms with E-state index in [1.165, 1.54) is 5.39 Å². The first-order chi connectivity index (χ1) is 17.8. The Balaban J connectivity index is 1.30. The molecule has 0 saturated carbocycles. The summed E-state index contributed by atoms with van der Waals surface area (Å²) in [6.07, 6.45) is 1.83. The van der Waals surface area contributed by atoms with Gasteiger partial charge in [-0.25, -0.2) is 4.98 Å². The van der Waals surface area contributed by atoms with E-state index in [0.29, 0.717) is 0 Å². The van der Waals surface area contributed by atoms with E-state index in [2.05, 4.69) is 74.7 Å². The Labute approximate surface area is 208 Å². The van der Waals surface area contributed by atoms with E-state index in [4.69, 9.17) is 4.74 Å². The maximum atomic E-state index is 6.37. The van der Waals surface area contributed by atoms with Crippen molar-refractivity contribution in [3.63, 3.8) is 0 Å². The minimum atomic E-state index is 0.772. The van der Waals surface area contributed by atoms with Crippen LogP contribution in [0.25, 0.3) is 27.6 Å². The third-order valence-electron chi connectivity index (χ3n) is 6.57. The summed E-state index contributed by atoms with van der Waals surface area (Å²) in [6, 6.07) is 40.4. The lowest BCUT2D eigenvalue weighted by atomic mass is 10.1. The molecule has 3 heterocycles. The highest BCUT2D eigenvalue weighted by Gasteiger charge is 2.32. The molecule has 0 unspecified atom stereocenters. The Bertz CT molecular complexity index is 1860. The molecule has 0 atom stereocenters. The first kappa shape index (κ1) is 20.4. The summed E-state index contributed by atoms with van der Waals surface area (Å²) in [5.41, 5.74) is 5.43. The van der Waals surface area contributed by atoms with Crippen molar-refractivity contribution >= 4 is 44.9 Å². The number of ether oxygens (including phenoxy) is 1. The Morgan fingerprint density at radius 1 is 0.694 bits per heavy atom. The number of pyridine rings is 1. The van der Waals surface area contributed by atoms with Gasteiger partial charge in [0.15, 0.2) is 7.05 Å². The average molecular weight is 467 g/mol. The van der Waals surface area contributed by atoms with Gasteiger partial charge in [-0.3, -0.25) is 4.57 Å². The molecule has 7 rings (SSSR count). The predicted molar refractivity (Wildman–Crippen MR) is 144 cm³/mol. The van der Waals surface area contributed by atoms with Crippen LogP contribution in [0.1, 0.15) is 0 Å². The van der Waals surface area contributed by atoms with Crippen molar-refractivity contribution in [3.8, 4) is 17.3 Å². The number of hydrogen-bond acceptors (Lipinski definition) is 2. The van der Waals surface area contributed by atoms with Gasteiger partial charge in [-0.05, 0) is 47.0 Å². The van der Waals surface area contributed by atoms with Gasteiger partial charge in [-0.15, -0.1) is 0 Å². The molecule has 0 N–H and O–H groups in total. The lowest BCUT2D eigenvalue weighted by Crippen LogP contribution is -1.99. The van der Waals surface area contributed by atoms with Crippen molar-refractivity contribution in [2.75, 3.05) is 7.05 Å². The SMILES string of the molecule is C[N+]1=C=[N+](c2cccc(Oc3ccc4c(c3)c3ccccc3n4-c3ccccn3)c2)c2ccccc21. The minimum Gasteiger partial charge on any atom is -0.457 e. The van der Waals surface area contributed by atoms with Crippen LogP contribution in [-0.4, -0.2) is 27.2 Å². The second-order valence-electron chi connectivity index (χ2n) is 8.80. The molecule has 1 aliphatic heterocycles. The van der Waals surface area contributed by atoms with Crippen LogP contribution in [0.3, 0.4) is 0 Å². The number of rotatable bonds is 4. The minimum absolute atomic E-state index is 0.772. The van der Waals surface area contributed by atoms with E-state index in [9.17, 15) is 0 Å². The number of nitrogens with zero attached hydrogens (tertiary/aromatic N) is 4. The van der Waals surface area contributed by atoms with Crippen LogP contribution in [0.5, 0.6) is 11.5 Å². The van der Waals surface area contributed by atoms with Crippen LogP contribution >= 0.6 is 0 Å². The second kappa shape index (κ2) is 8.05. The summed E-state index contributed by atoms with van der Waals surface area (Å²) < 4.78 is 12.6. The van der Waals surface area contributed by atoms with Crippen molar-refractivity contribution in [3.05, 3.63) is 115 Å². The first-order valence-corrected chi connectivity index (χ1v) is 11.9. The molecule has 0 amide bonds. The third-order valence-corrected chi connectivity index (χ3v) is 6.57. The van der Waals surface area contributed by atoms with Gasteiger partial charge in [-0.2, -0.15) is 0 Å². The molecule has 0 radical (unpaired) electrons. The molecular weight excluding hydrogens is 444 g/mol. The van der Waals surface area contributed by atoms with E-state index < -0.39 is 0 Å². The van der Waals surface area contributed by atoms with E-state index in [1.54, 1.807) is 0 Å². The fourth-order valence-electron chi connectivity index (χ4n) is 4.96. The molecule has 0 spiro atoms. The fraction of sp³-hybridized carbons (Fsp3) is 0.0323. The summed E-state index contributed by atoms with van der Waals surface area (Å²) in [5.74, 6) is 2.46. The average Bonchev–Trinajstić information content (AvgIpc) is 3.44. The van der Waals surface area contributed by atoms with Crippen molar-refractivity contribution < 1.29 is 9.31 Å². The number of aromatic nitrogens is 2. The van der Waals surface area contributed by atoms with Crippen molar-refractivity contribution in [1.29, 1.82) is 0 Å². The second-order valence-corrected chi connectivity index (χ2v) is 8.80. The van der Waals surface area contributed by atoms with Crippen LogP contribution in [0.4, 0.5) is 17.1 Å². The molecule has 0 bridgehead atoms. The molecule has 0 saturated heterocycles. The highest BCUT2D eigenvalue weighted by atomic mass is 16.5. The number of benzene rings is 4. The van der Waals surface area contributed by atoms with Crippen molar-refractivity contribution in [1.82, 2.24) is 14.1 Å². The maximum absolute atomic E-state index is 6.37. The van der Waals surface area contributed by atoms with Crippen molar-refractivity contribution in [2.45, 2.75) is 0 Å². The number of para-hydroxylation sites is 3. The standard InChI is InChI=1S/C31H22N4O/c1-33-21-34(30-14-5-4-13-29(30)33)22-9-8-10-23(19-22)36-24-16-17-28-26(20-24)25-11-2-3-12-27(25)35(28)31-15-6-7-18-32-31/h2-20H,1H3/q+2. The lowest BCUT2D eigenvalue weighted by molar-refractivity contribution is -0.394. The molecule has 0 aliphatic carbocycles. The summed E-state index contributed by atoms with van der Waals surface area (Å²) >= 11 is 0.